The zero-order chi connectivity index (χ0) is 23.2. The molecule has 0 amide bonds. The largest absolute Gasteiger partial charge is 0.454 e. The summed E-state index contributed by atoms with van der Waals surface area (Å²) < 4.78 is 7.79. The van der Waals surface area contributed by atoms with Gasteiger partial charge in [-0.05, 0) is 31.2 Å². The number of rotatable bonds is 5. The van der Waals surface area contributed by atoms with Crippen molar-refractivity contribution < 1.29 is 9.57 Å². The van der Waals surface area contributed by atoms with Crippen LogP contribution in [0.1, 0.15) is 18.9 Å². The third-order valence-corrected chi connectivity index (χ3v) is 5.17. The van der Waals surface area contributed by atoms with E-state index in [4.69, 9.17) is 9.57 Å². The van der Waals surface area contributed by atoms with Crippen molar-refractivity contribution in [2.24, 2.45) is 17.2 Å². The van der Waals surface area contributed by atoms with E-state index in [0.717, 1.165) is 29.0 Å². The maximum atomic E-state index is 11.9. The number of benzene rings is 1. The monoisotopic (exact) mass is 442 g/mol. The van der Waals surface area contributed by atoms with E-state index in [1.807, 2.05) is 60.4 Å². The highest BCUT2D eigenvalue weighted by Gasteiger charge is 2.17. The molecule has 3 heterocycles. The van der Waals surface area contributed by atoms with Crippen molar-refractivity contribution in [2.45, 2.75) is 13.3 Å². The van der Waals surface area contributed by atoms with E-state index >= 15 is 0 Å². The second-order valence-electron chi connectivity index (χ2n) is 7.84. The van der Waals surface area contributed by atoms with E-state index in [1.54, 1.807) is 25.6 Å². The minimum Gasteiger partial charge on any atom is -0.454 e. The number of nitrogens with zero attached hydrogens (tertiary/aromatic N) is 4. The van der Waals surface area contributed by atoms with Crippen molar-refractivity contribution in [1.29, 1.82) is 0 Å². The Hall–Kier alpha value is -4.13. The van der Waals surface area contributed by atoms with Gasteiger partial charge in [0.05, 0.1) is 18.6 Å². The fraction of sp³-hybridized carbons (Fsp3) is 0.192. The number of oxime groups is 1. The summed E-state index contributed by atoms with van der Waals surface area (Å²) in [6.45, 7) is 7.22. The van der Waals surface area contributed by atoms with Crippen LogP contribution in [0.15, 0.2) is 106 Å². The summed E-state index contributed by atoms with van der Waals surface area (Å²) >= 11 is 0. The van der Waals surface area contributed by atoms with Crippen LogP contribution in [0.2, 0.25) is 0 Å². The molecule has 33 heavy (non-hydrogen) atoms. The van der Waals surface area contributed by atoms with Gasteiger partial charge >= 0.3 is 0 Å². The van der Waals surface area contributed by atoms with Gasteiger partial charge in [0.1, 0.15) is 11.4 Å². The minimum absolute atomic E-state index is 0.0846. The second kappa shape index (κ2) is 9.99. The molecule has 1 aromatic heterocycles. The molecule has 7 nitrogen and oxygen atoms in total. The summed E-state index contributed by atoms with van der Waals surface area (Å²) in [4.78, 5) is 24.0. The zero-order valence-electron chi connectivity index (χ0n) is 18.8. The highest BCUT2D eigenvalue weighted by molar-refractivity contribution is 5.83. The first-order valence-corrected chi connectivity index (χ1v) is 10.7. The maximum Gasteiger partial charge on any atom is 0.250 e. The highest BCUT2D eigenvalue weighted by atomic mass is 16.6. The van der Waals surface area contributed by atoms with Crippen LogP contribution in [-0.4, -0.2) is 34.6 Å². The Morgan fingerprint density at radius 1 is 1.18 bits per heavy atom. The molecule has 0 bridgehead atoms. The van der Waals surface area contributed by atoms with E-state index < -0.39 is 0 Å². The molecule has 168 valence electrons. The lowest BCUT2D eigenvalue weighted by Crippen LogP contribution is -2.26. The van der Waals surface area contributed by atoms with Crippen molar-refractivity contribution in [3.05, 3.63) is 107 Å². The summed E-state index contributed by atoms with van der Waals surface area (Å²) in [5, 5.41) is 4.06. The van der Waals surface area contributed by atoms with Crippen LogP contribution in [0, 0.1) is 0 Å². The summed E-state index contributed by atoms with van der Waals surface area (Å²) in [5.74, 6) is 1.96. The second-order valence-corrected chi connectivity index (χ2v) is 7.84. The summed E-state index contributed by atoms with van der Waals surface area (Å²) in [5.41, 5.74) is 2.93. The first-order valence-electron chi connectivity index (χ1n) is 10.7. The lowest BCUT2D eigenvalue weighted by molar-refractivity contribution is 0.199. The molecule has 2 aromatic rings. The number of aliphatic imine (C=N–C) groups is 1. The van der Waals surface area contributed by atoms with Gasteiger partial charge in [0.25, 0.3) is 0 Å². The number of pyridine rings is 1. The number of allylic oxidation sites excluding steroid dienone is 3. The molecule has 4 rings (SSSR count). The molecule has 7 heteroatoms. The van der Waals surface area contributed by atoms with Crippen molar-refractivity contribution in [3.63, 3.8) is 0 Å². The molecule has 0 radical (unpaired) electrons. The molecule has 1 aromatic carbocycles. The molecule has 0 saturated heterocycles. The number of hydrogen-bond acceptors (Lipinski definition) is 6. The van der Waals surface area contributed by atoms with Gasteiger partial charge in [-0.2, -0.15) is 0 Å². The lowest BCUT2D eigenvalue weighted by Gasteiger charge is -2.19. The molecule has 0 saturated carbocycles. The third-order valence-electron chi connectivity index (χ3n) is 5.17. The molecule has 0 N–H and O–H groups in total. The summed E-state index contributed by atoms with van der Waals surface area (Å²) in [6, 6.07) is 12.8. The van der Waals surface area contributed by atoms with E-state index in [-0.39, 0.29) is 5.56 Å². The molecule has 0 fully saturated rings. The average molecular weight is 443 g/mol. The van der Waals surface area contributed by atoms with Crippen LogP contribution in [0.5, 0.6) is 5.75 Å². The number of ether oxygens (including phenoxy) is 1. The standard InChI is InChI=1S/C26H26N4O3/c1-19-11-13-23(33-28-19)17-30-15-7-10-24(21-12-14-25(31)29(3)16-21)26(20(2)27-18-30)32-22-8-5-4-6-9-22/h4-10,12-14,16,18H,2,11,15,17H2,1,3H3/b10-7-,26-24?,27-18?. The Bertz CT molecular complexity index is 1250. The molecular formula is C26H26N4O3. The minimum atomic E-state index is -0.0846. The Morgan fingerprint density at radius 3 is 2.73 bits per heavy atom. The van der Waals surface area contributed by atoms with E-state index in [1.165, 1.54) is 10.6 Å². The van der Waals surface area contributed by atoms with E-state index in [0.29, 0.717) is 30.3 Å². The van der Waals surface area contributed by atoms with Gasteiger partial charge in [0.15, 0.2) is 11.5 Å². The molecule has 2 aliphatic heterocycles. The number of hydrogen-bond donors (Lipinski definition) is 0. The molecule has 2 aliphatic rings. The Morgan fingerprint density at radius 2 is 2.00 bits per heavy atom. The van der Waals surface area contributed by atoms with E-state index in [9.17, 15) is 4.79 Å². The number of para-hydroxylation sites is 1. The number of aryl methyl sites for hydroxylation is 1. The Balaban J connectivity index is 1.69. The zero-order valence-corrected chi connectivity index (χ0v) is 18.8. The Kier molecular flexibility index (Phi) is 6.69. The molecule has 0 aliphatic carbocycles. The van der Waals surface area contributed by atoms with Crippen LogP contribution < -0.4 is 10.3 Å². The first-order chi connectivity index (χ1) is 16.0. The smallest absolute Gasteiger partial charge is 0.250 e. The van der Waals surface area contributed by atoms with Crippen LogP contribution in [0.3, 0.4) is 0 Å². The summed E-state index contributed by atoms with van der Waals surface area (Å²) in [7, 11) is 1.72. The number of aromatic nitrogens is 1. The van der Waals surface area contributed by atoms with Crippen molar-refractivity contribution in [1.82, 2.24) is 9.47 Å². The van der Waals surface area contributed by atoms with Gasteiger partial charge in [0.2, 0.25) is 5.56 Å². The normalized spacial score (nSPS) is 17.4. The van der Waals surface area contributed by atoms with Crippen LogP contribution in [-0.2, 0) is 11.9 Å². The summed E-state index contributed by atoms with van der Waals surface area (Å²) in [6.07, 6.45) is 10.3. The fourth-order valence-electron chi connectivity index (χ4n) is 3.37. The van der Waals surface area contributed by atoms with Gasteiger partial charge in [-0.25, -0.2) is 4.99 Å². The topological polar surface area (TPSA) is 68.4 Å². The highest BCUT2D eigenvalue weighted by Crippen LogP contribution is 2.28. The molecular weight excluding hydrogens is 416 g/mol. The molecule has 0 atom stereocenters. The molecule has 0 unspecified atom stereocenters. The average Bonchev–Trinajstić information content (AvgIpc) is 2.89. The maximum absolute atomic E-state index is 11.9. The van der Waals surface area contributed by atoms with Crippen molar-refractivity contribution in [2.75, 3.05) is 13.1 Å². The predicted octanol–water partition coefficient (Wildman–Crippen LogP) is 4.27. The van der Waals surface area contributed by atoms with Crippen molar-refractivity contribution in [3.8, 4) is 5.75 Å². The molecule has 0 spiro atoms. The van der Waals surface area contributed by atoms with E-state index in [2.05, 4.69) is 16.7 Å². The SMILES string of the molecule is C=C1N=CN(CC2=CCC(C)=NO2)C/C=C\C(c2ccc(=O)n(C)c2)=C1Oc1ccccc1. The van der Waals surface area contributed by atoms with Crippen molar-refractivity contribution >= 4 is 17.6 Å². The van der Waals surface area contributed by atoms with Gasteiger partial charge in [-0.1, -0.05) is 42.1 Å². The first kappa shape index (κ1) is 22.1. The quantitative estimate of drug-likeness (QED) is 0.694. The Labute approximate surface area is 193 Å². The van der Waals surface area contributed by atoms with Crippen LogP contribution in [0.25, 0.3) is 5.57 Å². The lowest BCUT2D eigenvalue weighted by atomic mass is 10.0. The van der Waals surface area contributed by atoms with Crippen LogP contribution in [0.4, 0.5) is 0 Å². The van der Waals surface area contributed by atoms with Gasteiger partial charge in [-0.3, -0.25) is 4.79 Å². The fourth-order valence-corrected chi connectivity index (χ4v) is 3.37. The van der Waals surface area contributed by atoms with Gasteiger partial charge < -0.3 is 19.0 Å². The third kappa shape index (κ3) is 5.57. The van der Waals surface area contributed by atoms with Crippen LogP contribution >= 0.6 is 0 Å². The van der Waals surface area contributed by atoms with Gasteiger partial charge in [0, 0.05) is 43.4 Å². The predicted molar refractivity (Wildman–Crippen MR) is 131 cm³/mol. The van der Waals surface area contributed by atoms with Gasteiger partial charge in [-0.15, -0.1) is 0 Å².